The van der Waals surface area contributed by atoms with Gasteiger partial charge in [0.15, 0.2) is 0 Å². The van der Waals surface area contributed by atoms with E-state index in [-0.39, 0.29) is 0 Å². The first kappa shape index (κ1) is 12.5. The van der Waals surface area contributed by atoms with Gasteiger partial charge in [0.2, 0.25) is 0 Å². The van der Waals surface area contributed by atoms with Crippen molar-refractivity contribution < 1.29 is 13.9 Å². The molecule has 2 nitrogen and oxygen atoms in total. The molecule has 3 N–H and O–H groups in total. The lowest BCUT2D eigenvalue weighted by atomic mass is 10.2. The van der Waals surface area contributed by atoms with E-state index in [2.05, 4.69) is 0 Å². The standard InChI is InChI=1S/C4H9F2NO.C2H6/c1-4(5,6)3(7)2-8;1-2/h3,8H,2,7H2,1H3;1-2H3. The molecule has 0 bridgehead atoms. The average Bonchev–Trinajstić information content (AvgIpc) is 1.89. The van der Waals surface area contributed by atoms with Crippen molar-refractivity contribution in [1.29, 1.82) is 0 Å². The topological polar surface area (TPSA) is 46.2 Å². The van der Waals surface area contributed by atoms with Gasteiger partial charge in [0.05, 0.1) is 12.6 Å². The summed E-state index contributed by atoms with van der Waals surface area (Å²) < 4.78 is 23.7. The molecule has 0 aliphatic rings. The van der Waals surface area contributed by atoms with Crippen molar-refractivity contribution in [2.45, 2.75) is 32.7 Å². The molecule has 0 aromatic carbocycles. The van der Waals surface area contributed by atoms with Gasteiger partial charge in [0.25, 0.3) is 5.92 Å². The molecule has 0 aromatic rings. The number of hydrogen-bond acceptors (Lipinski definition) is 2. The van der Waals surface area contributed by atoms with Crippen molar-refractivity contribution >= 4 is 0 Å². The van der Waals surface area contributed by atoms with Gasteiger partial charge in [-0.05, 0) is 0 Å². The highest BCUT2D eigenvalue weighted by Gasteiger charge is 2.29. The molecule has 0 spiro atoms. The normalized spacial score (nSPS) is 13.5. The van der Waals surface area contributed by atoms with Gasteiger partial charge in [-0.1, -0.05) is 13.8 Å². The molecule has 0 radical (unpaired) electrons. The summed E-state index contributed by atoms with van der Waals surface area (Å²) >= 11 is 0. The lowest BCUT2D eigenvalue weighted by molar-refractivity contribution is -0.0220. The molecule has 4 heteroatoms. The Labute approximate surface area is 60.0 Å². The Hall–Kier alpha value is -0.220. The second kappa shape index (κ2) is 5.56. The third-order valence-electron chi connectivity index (χ3n) is 0.848. The van der Waals surface area contributed by atoms with E-state index in [4.69, 9.17) is 10.8 Å². The zero-order valence-corrected chi connectivity index (χ0v) is 6.56. The molecule has 10 heavy (non-hydrogen) atoms. The van der Waals surface area contributed by atoms with Gasteiger partial charge in [-0.3, -0.25) is 0 Å². The first-order valence-electron chi connectivity index (χ1n) is 3.22. The molecule has 0 saturated carbocycles. The van der Waals surface area contributed by atoms with Crippen LogP contribution in [0.1, 0.15) is 20.8 Å². The van der Waals surface area contributed by atoms with E-state index in [1.807, 2.05) is 13.8 Å². The van der Waals surface area contributed by atoms with Crippen LogP contribution in [0, 0.1) is 0 Å². The van der Waals surface area contributed by atoms with E-state index in [1.165, 1.54) is 0 Å². The van der Waals surface area contributed by atoms with E-state index in [0.717, 1.165) is 0 Å². The molecule has 0 saturated heterocycles. The second-order valence-corrected chi connectivity index (χ2v) is 1.75. The van der Waals surface area contributed by atoms with E-state index in [1.54, 1.807) is 0 Å². The first-order chi connectivity index (χ1) is 4.48. The van der Waals surface area contributed by atoms with Crippen molar-refractivity contribution in [3.8, 4) is 0 Å². The van der Waals surface area contributed by atoms with E-state index >= 15 is 0 Å². The summed E-state index contributed by atoms with van der Waals surface area (Å²) in [6, 6.07) is -1.43. The van der Waals surface area contributed by atoms with Gasteiger partial charge in [-0.25, -0.2) is 8.78 Å². The van der Waals surface area contributed by atoms with Crippen LogP contribution in [0.3, 0.4) is 0 Å². The fourth-order valence-electron chi connectivity index (χ4n) is 0.160. The number of hydrogen-bond donors (Lipinski definition) is 2. The van der Waals surface area contributed by atoms with Crippen LogP contribution in [0.4, 0.5) is 8.78 Å². The van der Waals surface area contributed by atoms with Gasteiger partial charge in [-0.2, -0.15) is 0 Å². The molecule has 1 atom stereocenters. The number of aliphatic hydroxyl groups excluding tert-OH is 1. The molecule has 64 valence electrons. The molecule has 0 fully saturated rings. The van der Waals surface area contributed by atoms with Crippen LogP contribution in [-0.2, 0) is 0 Å². The Balaban J connectivity index is 0. The second-order valence-electron chi connectivity index (χ2n) is 1.75. The number of nitrogens with two attached hydrogens (primary N) is 1. The quantitative estimate of drug-likeness (QED) is 0.624. The van der Waals surface area contributed by atoms with Crippen LogP contribution in [0.15, 0.2) is 0 Å². The summed E-state index contributed by atoms with van der Waals surface area (Å²) in [6.07, 6.45) is 0. The molecule has 0 amide bonds. The van der Waals surface area contributed by atoms with Crippen LogP contribution in [0.2, 0.25) is 0 Å². The zero-order chi connectivity index (χ0) is 8.78. The van der Waals surface area contributed by atoms with Crippen LogP contribution >= 0.6 is 0 Å². The fraction of sp³-hybridized carbons (Fsp3) is 1.00. The largest absolute Gasteiger partial charge is 0.395 e. The highest BCUT2D eigenvalue weighted by atomic mass is 19.3. The first-order valence-corrected chi connectivity index (χ1v) is 3.22. The Morgan fingerprint density at radius 2 is 1.80 bits per heavy atom. The molecular formula is C6H15F2NO. The van der Waals surface area contributed by atoms with Crippen molar-refractivity contribution in [3.05, 3.63) is 0 Å². The summed E-state index contributed by atoms with van der Waals surface area (Å²) in [4.78, 5) is 0. The Morgan fingerprint density at radius 1 is 1.50 bits per heavy atom. The SMILES string of the molecule is CC.CC(F)(F)C(N)CO. The van der Waals surface area contributed by atoms with Crippen molar-refractivity contribution in [3.63, 3.8) is 0 Å². The van der Waals surface area contributed by atoms with Crippen LogP contribution in [0.25, 0.3) is 0 Å². The third kappa shape index (κ3) is 5.91. The van der Waals surface area contributed by atoms with Crippen LogP contribution < -0.4 is 5.73 Å². The monoisotopic (exact) mass is 155 g/mol. The van der Waals surface area contributed by atoms with E-state index in [9.17, 15) is 8.78 Å². The lowest BCUT2D eigenvalue weighted by Crippen LogP contribution is -2.41. The number of rotatable bonds is 2. The maximum Gasteiger partial charge on any atom is 0.262 e. The summed E-state index contributed by atoms with van der Waals surface area (Å²) in [5, 5.41) is 8.07. The van der Waals surface area contributed by atoms with Crippen molar-refractivity contribution in [2.75, 3.05) is 6.61 Å². The minimum Gasteiger partial charge on any atom is -0.395 e. The third-order valence-corrected chi connectivity index (χ3v) is 0.848. The van der Waals surface area contributed by atoms with Gasteiger partial charge in [-0.15, -0.1) is 0 Å². The molecule has 1 unspecified atom stereocenters. The number of alkyl halides is 2. The van der Waals surface area contributed by atoms with Crippen molar-refractivity contribution in [2.24, 2.45) is 5.73 Å². The predicted octanol–water partition coefficient (Wildman–Crippen LogP) is 0.987. The lowest BCUT2D eigenvalue weighted by Gasteiger charge is -2.15. The molecule has 0 aromatic heterocycles. The Morgan fingerprint density at radius 3 is 1.80 bits per heavy atom. The summed E-state index contributed by atoms with van der Waals surface area (Å²) in [5.41, 5.74) is 4.75. The smallest absolute Gasteiger partial charge is 0.262 e. The van der Waals surface area contributed by atoms with Gasteiger partial charge in [0.1, 0.15) is 0 Å². The minimum absolute atomic E-state index is 0.674. The van der Waals surface area contributed by atoms with E-state index in [0.29, 0.717) is 6.92 Å². The van der Waals surface area contributed by atoms with E-state index < -0.39 is 18.6 Å². The predicted molar refractivity (Wildman–Crippen MR) is 37.0 cm³/mol. The fourth-order valence-corrected chi connectivity index (χ4v) is 0.160. The molecule has 0 aliphatic heterocycles. The van der Waals surface area contributed by atoms with Crippen LogP contribution in [0.5, 0.6) is 0 Å². The average molecular weight is 155 g/mol. The molecular weight excluding hydrogens is 140 g/mol. The highest BCUT2D eigenvalue weighted by molar-refractivity contribution is 4.73. The molecule has 0 rings (SSSR count). The maximum absolute atomic E-state index is 11.8. The minimum atomic E-state index is -2.96. The number of halogens is 2. The molecule has 0 heterocycles. The van der Waals surface area contributed by atoms with Crippen LogP contribution in [-0.4, -0.2) is 23.7 Å². The van der Waals surface area contributed by atoms with Crippen molar-refractivity contribution in [1.82, 2.24) is 0 Å². The Kier molecular flexibility index (Phi) is 6.92. The van der Waals surface area contributed by atoms with Gasteiger partial charge in [0, 0.05) is 6.92 Å². The number of aliphatic hydroxyl groups is 1. The highest BCUT2D eigenvalue weighted by Crippen LogP contribution is 2.14. The summed E-state index contributed by atoms with van der Waals surface area (Å²) in [7, 11) is 0. The Bertz CT molecular complexity index is 72.6. The summed E-state index contributed by atoms with van der Waals surface area (Å²) in [6.45, 7) is 4.00. The zero-order valence-electron chi connectivity index (χ0n) is 6.56. The molecule has 0 aliphatic carbocycles. The van der Waals surface area contributed by atoms with Gasteiger partial charge < -0.3 is 10.8 Å². The summed E-state index contributed by atoms with van der Waals surface area (Å²) in [5.74, 6) is -2.96. The maximum atomic E-state index is 11.8. The van der Waals surface area contributed by atoms with Gasteiger partial charge >= 0.3 is 0 Å².